The lowest BCUT2D eigenvalue weighted by Gasteiger charge is -2.25. The third-order valence-electron chi connectivity index (χ3n) is 3.84. The van der Waals surface area contributed by atoms with Gasteiger partial charge in [0.2, 0.25) is 5.91 Å². The van der Waals surface area contributed by atoms with Crippen LogP contribution in [0.4, 0.5) is 5.69 Å². The Balaban J connectivity index is 1.68. The van der Waals surface area contributed by atoms with E-state index in [1.54, 1.807) is 0 Å². The number of hydrogen-bond donors (Lipinski definition) is 3. The molecule has 0 bridgehead atoms. The molecular formula is C17H19N3O4. The van der Waals surface area contributed by atoms with E-state index < -0.39 is 5.91 Å². The highest BCUT2D eigenvalue weighted by atomic mass is 16.5. The number of amides is 2. The van der Waals surface area contributed by atoms with Crippen molar-refractivity contribution in [2.75, 3.05) is 18.5 Å². The van der Waals surface area contributed by atoms with Gasteiger partial charge < -0.3 is 25.5 Å². The topological polar surface area (TPSA) is 106 Å². The van der Waals surface area contributed by atoms with Crippen molar-refractivity contribution in [1.29, 1.82) is 0 Å². The van der Waals surface area contributed by atoms with Gasteiger partial charge in [0.1, 0.15) is 23.8 Å². The van der Waals surface area contributed by atoms with Crippen LogP contribution in [-0.2, 0) is 11.2 Å². The Hall–Kier alpha value is -2.96. The first-order valence-electron chi connectivity index (χ1n) is 7.74. The van der Waals surface area contributed by atoms with Gasteiger partial charge in [-0.3, -0.25) is 9.59 Å². The number of hydrogen-bond acceptors (Lipinski definition) is 4. The molecule has 0 saturated carbocycles. The quantitative estimate of drug-likeness (QED) is 0.776. The number of ether oxygens (including phenoxy) is 2. The predicted molar refractivity (Wildman–Crippen MR) is 88.2 cm³/mol. The summed E-state index contributed by atoms with van der Waals surface area (Å²) in [5.74, 6) is 0.477. The molecule has 24 heavy (non-hydrogen) atoms. The van der Waals surface area contributed by atoms with Crippen LogP contribution in [0.3, 0.4) is 0 Å². The van der Waals surface area contributed by atoms with Crippen molar-refractivity contribution >= 4 is 17.5 Å². The number of fused-ring (bicyclic) bond motifs is 1. The molecule has 7 heteroatoms. The molecule has 1 aromatic carbocycles. The fourth-order valence-electron chi connectivity index (χ4n) is 2.65. The van der Waals surface area contributed by atoms with Gasteiger partial charge in [-0.1, -0.05) is 0 Å². The van der Waals surface area contributed by atoms with Crippen LogP contribution in [0, 0.1) is 5.92 Å². The molecule has 4 N–H and O–H groups in total. The normalized spacial score (nSPS) is 16.0. The summed E-state index contributed by atoms with van der Waals surface area (Å²) in [5.41, 5.74) is 6.87. The van der Waals surface area contributed by atoms with Gasteiger partial charge in [-0.15, -0.1) is 0 Å². The van der Waals surface area contributed by atoms with Gasteiger partial charge in [-0.2, -0.15) is 0 Å². The SMILES string of the molecule is CCOc1ccc2c(c1)CC(C(=O)Nc1c[nH]c(C(N)=O)c1)CO2. The van der Waals surface area contributed by atoms with E-state index in [9.17, 15) is 9.59 Å². The fraction of sp³-hybridized carbons (Fsp3) is 0.294. The number of carbonyl (C=O) groups excluding carboxylic acids is 2. The van der Waals surface area contributed by atoms with Gasteiger partial charge in [0.25, 0.3) is 5.91 Å². The average molecular weight is 329 g/mol. The van der Waals surface area contributed by atoms with Crippen molar-refractivity contribution < 1.29 is 19.1 Å². The first-order chi connectivity index (χ1) is 11.6. The molecule has 0 spiro atoms. The third-order valence-corrected chi connectivity index (χ3v) is 3.84. The van der Waals surface area contributed by atoms with Crippen LogP contribution in [0.25, 0.3) is 0 Å². The number of anilines is 1. The molecule has 1 aromatic heterocycles. The van der Waals surface area contributed by atoms with Gasteiger partial charge >= 0.3 is 0 Å². The number of benzene rings is 1. The highest BCUT2D eigenvalue weighted by Gasteiger charge is 2.26. The van der Waals surface area contributed by atoms with E-state index in [0.29, 0.717) is 25.3 Å². The smallest absolute Gasteiger partial charge is 0.265 e. The number of rotatable bonds is 5. The summed E-state index contributed by atoms with van der Waals surface area (Å²) in [6, 6.07) is 7.12. The number of aromatic nitrogens is 1. The van der Waals surface area contributed by atoms with E-state index in [2.05, 4.69) is 10.3 Å². The van der Waals surface area contributed by atoms with Crippen molar-refractivity contribution in [3.05, 3.63) is 41.7 Å². The Morgan fingerprint density at radius 2 is 2.25 bits per heavy atom. The lowest BCUT2D eigenvalue weighted by Crippen LogP contribution is -2.32. The lowest BCUT2D eigenvalue weighted by atomic mass is 9.95. The zero-order chi connectivity index (χ0) is 17.1. The summed E-state index contributed by atoms with van der Waals surface area (Å²) < 4.78 is 11.2. The molecule has 0 radical (unpaired) electrons. The molecule has 3 rings (SSSR count). The Labute approximate surface area is 139 Å². The Morgan fingerprint density at radius 1 is 1.42 bits per heavy atom. The van der Waals surface area contributed by atoms with Crippen LogP contribution in [-0.4, -0.2) is 30.0 Å². The van der Waals surface area contributed by atoms with E-state index in [4.69, 9.17) is 15.2 Å². The summed E-state index contributed by atoms with van der Waals surface area (Å²) >= 11 is 0. The zero-order valence-electron chi connectivity index (χ0n) is 13.3. The summed E-state index contributed by atoms with van der Waals surface area (Å²) in [7, 11) is 0. The van der Waals surface area contributed by atoms with Crippen LogP contribution in [0.1, 0.15) is 23.0 Å². The van der Waals surface area contributed by atoms with E-state index in [1.807, 2.05) is 25.1 Å². The summed E-state index contributed by atoms with van der Waals surface area (Å²) in [6.45, 7) is 2.81. The summed E-state index contributed by atoms with van der Waals surface area (Å²) in [5, 5.41) is 2.77. The van der Waals surface area contributed by atoms with Gasteiger partial charge in [-0.05, 0) is 43.2 Å². The minimum absolute atomic E-state index is 0.169. The third kappa shape index (κ3) is 3.34. The van der Waals surface area contributed by atoms with Crippen molar-refractivity contribution in [2.45, 2.75) is 13.3 Å². The monoisotopic (exact) mass is 329 g/mol. The average Bonchev–Trinajstić information content (AvgIpc) is 3.03. The molecule has 1 atom stereocenters. The zero-order valence-corrected chi connectivity index (χ0v) is 13.3. The second kappa shape index (κ2) is 6.66. The molecule has 1 aliphatic heterocycles. The van der Waals surface area contributed by atoms with E-state index in [-0.39, 0.29) is 17.5 Å². The predicted octanol–water partition coefficient (Wildman–Crippen LogP) is 1.70. The maximum atomic E-state index is 12.4. The maximum Gasteiger partial charge on any atom is 0.265 e. The molecule has 0 fully saturated rings. The molecule has 0 aliphatic carbocycles. The summed E-state index contributed by atoms with van der Waals surface area (Å²) in [4.78, 5) is 26.2. The minimum atomic E-state index is -0.575. The molecule has 0 saturated heterocycles. The number of H-pyrrole nitrogens is 1. The molecule has 126 valence electrons. The van der Waals surface area contributed by atoms with Crippen molar-refractivity contribution in [3.63, 3.8) is 0 Å². The standard InChI is InChI=1S/C17H19N3O4/c1-2-23-13-3-4-15-10(6-13)5-11(9-24-15)17(22)20-12-7-14(16(18)21)19-8-12/h3-4,6-8,11,19H,2,5,9H2,1H3,(H2,18,21)(H,20,22). The number of aromatic amines is 1. The van der Waals surface area contributed by atoms with E-state index in [1.165, 1.54) is 12.3 Å². The minimum Gasteiger partial charge on any atom is -0.494 e. The van der Waals surface area contributed by atoms with Gasteiger partial charge in [0.15, 0.2) is 0 Å². The first kappa shape index (κ1) is 15.9. The molecule has 1 aliphatic rings. The van der Waals surface area contributed by atoms with Crippen LogP contribution in [0.15, 0.2) is 30.5 Å². The van der Waals surface area contributed by atoms with Crippen LogP contribution in [0.5, 0.6) is 11.5 Å². The molecule has 2 amide bonds. The molecule has 1 unspecified atom stereocenters. The Morgan fingerprint density at radius 3 is 2.96 bits per heavy atom. The number of primary amides is 1. The van der Waals surface area contributed by atoms with Gasteiger partial charge in [0, 0.05) is 6.20 Å². The Kier molecular flexibility index (Phi) is 4.41. The van der Waals surface area contributed by atoms with Crippen LogP contribution >= 0.6 is 0 Å². The van der Waals surface area contributed by atoms with E-state index in [0.717, 1.165) is 17.1 Å². The first-order valence-corrected chi connectivity index (χ1v) is 7.74. The fourth-order valence-corrected chi connectivity index (χ4v) is 2.65. The largest absolute Gasteiger partial charge is 0.494 e. The number of nitrogens with two attached hydrogens (primary N) is 1. The summed E-state index contributed by atoms with van der Waals surface area (Å²) in [6.07, 6.45) is 2.10. The second-order valence-corrected chi connectivity index (χ2v) is 5.57. The van der Waals surface area contributed by atoms with E-state index >= 15 is 0 Å². The Bertz CT molecular complexity index is 769. The molecule has 2 aromatic rings. The number of nitrogens with one attached hydrogen (secondary N) is 2. The second-order valence-electron chi connectivity index (χ2n) is 5.57. The number of carbonyl (C=O) groups is 2. The van der Waals surface area contributed by atoms with Crippen molar-refractivity contribution in [2.24, 2.45) is 11.7 Å². The lowest BCUT2D eigenvalue weighted by molar-refractivity contribution is -0.121. The molecule has 2 heterocycles. The van der Waals surface area contributed by atoms with Crippen LogP contribution in [0.2, 0.25) is 0 Å². The molecule has 7 nitrogen and oxygen atoms in total. The maximum absolute atomic E-state index is 12.4. The highest BCUT2D eigenvalue weighted by molar-refractivity contribution is 5.96. The van der Waals surface area contributed by atoms with Crippen LogP contribution < -0.4 is 20.5 Å². The van der Waals surface area contributed by atoms with Crippen molar-refractivity contribution in [3.8, 4) is 11.5 Å². The molecular weight excluding hydrogens is 310 g/mol. The highest BCUT2D eigenvalue weighted by Crippen LogP contribution is 2.31. The van der Waals surface area contributed by atoms with Gasteiger partial charge in [0.05, 0.1) is 18.2 Å². The van der Waals surface area contributed by atoms with Gasteiger partial charge in [-0.25, -0.2) is 0 Å². The van der Waals surface area contributed by atoms with Crippen molar-refractivity contribution in [1.82, 2.24) is 4.98 Å².